The Hall–Kier alpha value is -2.35. The fraction of sp³-hybridized carbons (Fsp3) is 0.231. The van der Waals surface area contributed by atoms with E-state index < -0.39 is 9.67 Å². The first-order chi connectivity index (χ1) is 10.1. The van der Waals surface area contributed by atoms with E-state index in [0.29, 0.717) is 18.0 Å². The van der Waals surface area contributed by atoms with Gasteiger partial charge in [-0.1, -0.05) is 6.08 Å². The molecule has 3 heterocycles. The summed E-state index contributed by atoms with van der Waals surface area (Å²) in [5.74, 6) is -0.388. The number of non-ortho nitro benzene ring substituents is 1. The Morgan fingerprint density at radius 1 is 1.43 bits per heavy atom. The second-order valence-corrected chi connectivity index (χ2v) is 6.16. The van der Waals surface area contributed by atoms with E-state index in [1.807, 2.05) is 11.5 Å². The lowest BCUT2D eigenvalue weighted by Gasteiger charge is -2.27. The molecule has 3 aliphatic heterocycles. The number of carbonyl (C=O) groups is 1. The van der Waals surface area contributed by atoms with Crippen LogP contribution in [0.2, 0.25) is 0 Å². The molecule has 2 atom stereocenters. The van der Waals surface area contributed by atoms with Crippen LogP contribution in [0.1, 0.15) is 0 Å². The molecule has 0 radical (unpaired) electrons. The predicted molar refractivity (Wildman–Crippen MR) is 77.2 cm³/mol. The summed E-state index contributed by atoms with van der Waals surface area (Å²) in [6.45, 7) is 0.302. The third kappa shape index (κ3) is 1.56. The van der Waals surface area contributed by atoms with Crippen molar-refractivity contribution in [1.29, 1.82) is 0 Å². The molecule has 0 aromatic heterocycles. The maximum absolute atomic E-state index is 11.8. The first-order valence-electron chi connectivity index (χ1n) is 6.26. The number of nitro groups is 1. The largest absolute Gasteiger partial charge is 0.459 e. The number of hydrogen-bond acceptors (Lipinski definition) is 7. The Balaban J connectivity index is 1.74. The van der Waals surface area contributed by atoms with E-state index in [1.54, 1.807) is 17.1 Å². The summed E-state index contributed by atoms with van der Waals surface area (Å²) >= 11 is 1.53. The SMILES string of the molecule is O=C1OC[C@]23SC=C[C@H]2N(c2ccc([N+](=O)[O-])cc2)N=C13. The summed E-state index contributed by atoms with van der Waals surface area (Å²) in [4.78, 5) is 22.1. The van der Waals surface area contributed by atoms with Gasteiger partial charge < -0.3 is 4.74 Å². The zero-order valence-electron chi connectivity index (χ0n) is 10.6. The molecule has 4 rings (SSSR count). The van der Waals surface area contributed by atoms with Crippen molar-refractivity contribution in [3.8, 4) is 0 Å². The highest BCUT2D eigenvalue weighted by Gasteiger charge is 2.60. The van der Waals surface area contributed by atoms with Gasteiger partial charge in [-0.25, -0.2) is 4.79 Å². The number of cyclic esters (lactones) is 1. The molecular weight excluding hydrogens is 294 g/mol. The summed E-state index contributed by atoms with van der Waals surface area (Å²) in [7, 11) is 0. The van der Waals surface area contributed by atoms with Crippen molar-refractivity contribution < 1.29 is 14.5 Å². The highest BCUT2D eigenvalue weighted by Crippen LogP contribution is 2.49. The number of thioether (sulfide) groups is 1. The minimum atomic E-state index is -0.473. The smallest absolute Gasteiger partial charge is 0.356 e. The number of hydrazone groups is 1. The van der Waals surface area contributed by atoms with Gasteiger partial charge in [0.2, 0.25) is 0 Å². The van der Waals surface area contributed by atoms with Crippen molar-refractivity contribution in [3.63, 3.8) is 0 Å². The number of ether oxygens (including phenoxy) is 1. The number of hydrogen-bond donors (Lipinski definition) is 0. The van der Waals surface area contributed by atoms with Crippen LogP contribution in [0.5, 0.6) is 0 Å². The van der Waals surface area contributed by atoms with Crippen LogP contribution < -0.4 is 5.01 Å². The monoisotopic (exact) mass is 303 g/mol. The summed E-state index contributed by atoms with van der Waals surface area (Å²) in [5.41, 5.74) is 1.16. The van der Waals surface area contributed by atoms with Crippen molar-refractivity contribution in [2.45, 2.75) is 10.8 Å². The third-order valence-electron chi connectivity index (χ3n) is 3.83. The van der Waals surface area contributed by atoms with Crippen LogP contribution >= 0.6 is 11.8 Å². The molecule has 1 saturated heterocycles. The lowest BCUT2D eigenvalue weighted by molar-refractivity contribution is -0.384. The number of carbonyl (C=O) groups excluding carboxylic acids is 1. The van der Waals surface area contributed by atoms with Gasteiger partial charge in [-0.3, -0.25) is 15.1 Å². The van der Waals surface area contributed by atoms with Crippen molar-refractivity contribution in [3.05, 3.63) is 45.9 Å². The molecule has 0 aliphatic carbocycles. The van der Waals surface area contributed by atoms with Crippen LogP contribution in [0.15, 0.2) is 40.9 Å². The second-order valence-electron chi connectivity index (χ2n) is 4.92. The Kier molecular flexibility index (Phi) is 2.41. The molecular formula is C13H9N3O4S. The molecule has 7 nitrogen and oxygen atoms in total. The van der Waals surface area contributed by atoms with Crippen LogP contribution in [-0.4, -0.2) is 34.0 Å². The molecule has 0 bridgehead atoms. The van der Waals surface area contributed by atoms with Crippen molar-refractivity contribution >= 4 is 34.8 Å². The standard InChI is InChI=1S/C13H9N3O4S/c17-12-11-13(7-20-12)10(5-6-21-13)15(14-11)8-1-3-9(4-2-8)16(18)19/h1-6,10H,7H2/t10-,13+/m1/s1. The van der Waals surface area contributed by atoms with Crippen LogP contribution in [0.3, 0.4) is 0 Å². The molecule has 21 heavy (non-hydrogen) atoms. The van der Waals surface area contributed by atoms with Gasteiger partial charge in [-0.15, -0.1) is 11.8 Å². The van der Waals surface area contributed by atoms with E-state index in [-0.39, 0.29) is 17.7 Å². The van der Waals surface area contributed by atoms with E-state index in [2.05, 4.69) is 5.10 Å². The zero-order chi connectivity index (χ0) is 14.6. The van der Waals surface area contributed by atoms with E-state index >= 15 is 0 Å². The molecule has 0 unspecified atom stereocenters. The quantitative estimate of drug-likeness (QED) is 0.469. The zero-order valence-corrected chi connectivity index (χ0v) is 11.4. The fourth-order valence-electron chi connectivity index (χ4n) is 2.78. The number of nitrogens with zero attached hydrogens (tertiary/aromatic N) is 3. The Morgan fingerprint density at radius 2 is 2.19 bits per heavy atom. The maximum Gasteiger partial charge on any atom is 0.356 e. The molecule has 0 saturated carbocycles. The van der Waals surface area contributed by atoms with E-state index in [9.17, 15) is 14.9 Å². The Labute approximate surface area is 123 Å². The van der Waals surface area contributed by atoms with E-state index in [0.717, 1.165) is 0 Å². The number of nitro benzene ring substituents is 1. The number of rotatable bonds is 2. The van der Waals surface area contributed by atoms with Gasteiger partial charge >= 0.3 is 5.97 Å². The molecule has 1 fully saturated rings. The van der Waals surface area contributed by atoms with Crippen LogP contribution in [-0.2, 0) is 9.53 Å². The van der Waals surface area contributed by atoms with Crippen molar-refractivity contribution in [2.75, 3.05) is 11.6 Å². The maximum atomic E-state index is 11.8. The molecule has 0 N–H and O–H groups in total. The first-order valence-corrected chi connectivity index (χ1v) is 7.14. The minimum Gasteiger partial charge on any atom is -0.459 e. The highest BCUT2D eigenvalue weighted by molar-refractivity contribution is 8.04. The molecule has 1 spiro atoms. The van der Waals surface area contributed by atoms with Gasteiger partial charge in [0.15, 0.2) is 5.71 Å². The van der Waals surface area contributed by atoms with E-state index in [1.165, 1.54) is 23.9 Å². The summed E-state index contributed by atoms with van der Waals surface area (Å²) in [6.07, 6.45) is 1.98. The molecule has 1 aromatic carbocycles. The average molecular weight is 303 g/mol. The lowest BCUT2D eigenvalue weighted by atomic mass is 9.97. The molecule has 0 amide bonds. The molecule has 106 valence electrons. The normalized spacial score (nSPS) is 29.1. The third-order valence-corrected chi connectivity index (χ3v) is 5.09. The van der Waals surface area contributed by atoms with Crippen molar-refractivity contribution in [1.82, 2.24) is 0 Å². The summed E-state index contributed by atoms with van der Waals surface area (Å²) < 4.78 is 4.64. The molecule has 8 heteroatoms. The van der Waals surface area contributed by atoms with Gasteiger partial charge in [-0.2, -0.15) is 5.10 Å². The Morgan fingerprint density at radius 3 is 2.90 bits per heavy atom. The van der Waals surface area contributed by atoms with Gasteiger partial charge in [0.1, 0.15) is 11.4 Å². The van der Waals surface area contributed by atoms with Crippen LogP contribution in [0.25, 0.3) is 0 Å². The summed E-state index contributed by atoms with van der Waals surface area (Å²) in [5, 5.41) is 18.8. The van der Waals surface area contributed by atoms with E-state index in [4.69, 9.17) is 4.74 Å². The van der Waals surface area contributed by atoms with Crippen LogP contribution in [0.4, 0.5) is 11.4 Å². The first kappa shape index (κ1) is 12.4. The van der Waals surface area contributed by atoms with Gasteiger partial charge in [-0.05, 0) is 17.5 Å². The van der Waals surface area contributed by atoms with Gasteiger partial charge in [0, 0.05) is 12.1 Å². The number of esters is 1. The molecule has 1 aromatic rings. The topological polar surface area (TPSA) is 85.0 Å². The lowest BCUT2D eigenvalue weighted by Crippen LogP contribution is -2.44. The van der Waals surface area contributed by atoms with Crippen LogP contribution in [0, 0.1) is 10.1 Å². The average Bonchev–Trinajstić information content (AvgIpc) is 3.10. The number of anilines is 1. The fourth-order valence-corrected chi connectivity index (χ4v) is 3.93. The Bertz CT molecular complexity index is 715. The highest BCUT2D eigenvalue weighted by atomic mass is 32.2. The van der Waals surface area contributed by atoms with Gasteiger partial charge in [0.25, 0.3) is 5.69 Å². The number of benzene rings is 1. The predicted octanol–water partition coefficient (Wildman–Crippen LogP) is 1.70. The minimum absolute atomic E-state index is 0.0243. The second kappa shape index (κ2) is 4.08. The molecule has 3 aliphatic rings. The van der Waals surface area contributed by atoms with Gasteiger partial charge in [0.05, 0.1) is 16.7 Å². The van der Waals surface area contributed by atoms with Crippen molar-refractivity contribution in [2.24, 2.45) is 5.10 Å². The summed E-state index contributed by atoms with van der Waals surface area (Å²) in [6, 6.07) is 6.03.